The molecule has 1 fully saturated rings. The van der Waals surface area contributed by atoms with Crippen molar-refractivity contribution in [1.29, 1.82) is 0 Å². The van der Waals surface area contributed by atoms with Crippen molar-refractivity contribution in [3.8, 4) is 0 Å². The van der Waals surface area contributed by atoms with E-state index in [1.54, 1.807) is 0 Å². The summed E-state index contributed by atoms with van der Waals surface area (Å²) in [6.45, 7) is 0. The number of nitrogens with zero attached hydrogens (tertiary/aromatic N) is 1. The van der Waals surface area contributed by atoms with Crippen LogP contribution in [0.4, 0.5) is 4.39 Å². The van der Waals surface area contributed by atoms with Gasteiger partial charge in [0.2, 0.25) is 0 Å². The molecular weight excluding hydrogens is 263 g/mol. The quantitative estimate of drug-likeness (QED) is 0.831. The maximum Gasteiger partial charge on any atom is 0.329 e. The highest BCUT2D eigenvalue weighted by molar-refractivity contribution is 5.96. The number of halogens is 1. The van der Waals surface area contributed by atoms with Gasteiger partial charge in [0.15, 0.2) is 0 Å². The van der Waals surface area contributed by atoms with Gasteiger partial charge in [-0.3, -0.25) is 4.79 Å². The molecule has 2 N–H and O–H groups in total. The standard InChI is InChI=1S/C14H17FN2O3/c15-10-5-6-11(16-9-10)12(18)17-14(13(19)20)7-3-1-2-4-8-14/h5-6,9H,1-4,7-8H2,(H,17,18)(H,19,20). The van der Waals surface area contributed by atoms with E-state index in [1.807, 2.05) is 0 Å². The molecule has 0 aromatic carbocycles. The first-order valence-corrected chi connectivity index (χ1v) is 6.71. The van der Waals surface area contributed by atoms with Crippen molar-refractivity contribution in [1.82, 2.24) is 10.3 Å². The molecule has 6 heteroatoms. The maximum atomic E-state index is 12.8. The second kappa shape index (κ2) is 5.98. The Balaban J connectivity index is 2.17. The van der Waals surface area contributed by atoms with Gasteiger partial charge in [-0.2, -0.15) is 0 Å². The SMILES string of the molecule is O=C(NC1(C(=O)O)CCCCCC1)c1ccc(F)cn1. The molecule has 0 aliphatic heterocycles. The van der Waals surface area contributed by atoms with E-state index in [0.29, 0.717) is 12.8 Å². The molecule has 0 spiro atoms. The van der Waals surface area contributed by atoms with Crippen LogP contribution in [0, 0.1) is 5.82 Å². The third-order valence-electron chi connectivity index (χ3n) is 3.68. The van der Waals surface area contributed by atoms with E-state index < -0.39 is 23.2 Å². The predicted octanol–water partition coefficient (Wildman–Crippen LogP) is 2.13. The first-order valence-electron chi connectivity index (χ1n) is 6.71. The van der Waals surface area contributed by atoms with Crippen LogP contribution in [0.5, 0.6) is 0 Å². The molecule has 108 valence electrons. The molecule has 1 aromatic heterocycles. The van der Waals surface area contributed by atoms with E-state index in [0.717, 1.165) is 37.9 Å². The van der Waals surface area contributed by atoms with E-state index in [4.69, 9.17) is 0 Å². The summed E-state index contributed by atoms with van der Waals surface area (Å²) in [4.78, 5) is 27.3. The van der Waals surface area contributed by atoms with Gasteiger partial charge < -0.3 is 10.4 Å². The van der Waals surface area contributed by atoms with Crippen LogP contribution in [0.25, 0.3) is 0 Å². The number of carboxylic acid groups (broad SMARTS) is 1. The first-order chi connectivity index (χ1) is 9.53. The Morgan fingerprint density at radius 2 is 1.85 bits per heavy atom. The summed E-state index contributed by atoms with van der Waals surface area (Å²) < 4.78 is 12.8. The minimum absolute atomic E-state index is 0.0243. The molecule has 0 saturated heterocycles. The Labute approximate surface area is 116 Å². The zero-order chi connectivity index (χ0) is 14.6. The van der Waals surface area contributed by atoms with Crippen LogP contribution in [0.2, 0.25) is 0 Å². The van der Waals surface area contributed by atoms with Gasteiger partial charge in [-0.25, -0.2) is 14.2 Å². The molecule has 1 aliphatic carbocycles. The number of nitrogens with one attached hydrogen (secondary N) is 1. The summed E-state index contributed by atoms with van der Waals surface area (Å²) in [5.74, 6) is -2.13. The van der Waals surface area contributed by atoms with Crippen molar-refractivity contribution in [3.05, 3.63) is 29.8 Å². The topological polar surface area (TPSA) is 79.3 Å². The van der Waals surface area contributed by atoms with Gasteiger partial charge in [0, 0.05) is 0 Å². The number of hydrogen-bond donors (Lipinski definition) is 2. The number of pyridine rings is 1. The number of rotatable bonds is 3. The summed E-state index contributed by atoms with van der Waals surface area (Å²) >= 11 is 0. The van der Waals surface area contributed by atoms with Crippen molar-refractivity contribution in [2.24, 2.45) is 0 Å². The lowest BCUT2D eigenvalue weighted by Crippen LogP contribution is -2.54. The minimum Gasteiger partial charge on any atom is -0.480 e. The molecule has 1 amide bonds. The van der Waals surface area contributed by atoms with Gasteiger partial charge >= 0.3 is 5.97 Å². The fraction of sp³-hybridized carbons (Fsp3) is 0.500. The summed E-state index contributed by atoms with van der Waals surface area (Å²) in [5, 5.41) is 12.0. The Hall–Kier alpha value is -1.98. The molecule has 5 nitrogen and oxygen atoms in total. The molecule has 0 atom stereocenters. The lowest BCUT2D eigenvalue weighted by atomic mass is 9.90. The second-order valence-electron chi connectivity index (χ2n) is 5.12. The molecule has 1 aromatic rings. The van der Waals surface area contributed by atoms with Gasteiger partial charge in [-0.05, 0) is 25.0 Å². The second-order valence-corrected chi connectivity index (χ2v) is 5.12. The predicted molar refractivity (Wildman–Crippen MR) is 69.7 cm³/mol. The highest BCUT2D eigenvalue weighted by Gasteiger charge is 2.40. The van der Waals surface area contributed by atoms with Crippen LogP contribution in [-0.4, -0.2) is 27.5 Å². The van der Waals surface area contributed by atoms with Crippen molar-refractivity contribution in [2.45, 2.75) is 44.1 Å². The fourth-order valence-electron chi connectivity index (χ4n) is 2.52. The van der Waals surface area contributed by atoms with E-state index in [2.05, 4.69) is 10.3 Å². The number of carboxylic acids is 1. The molecule has 2 rings (SSSR count). The van der Waals surface area contributed by atoms with Crippen LogP contribution >= 0.6 is 0 Å². The van der Waals surface area contributed by atoms with Crippen molar-refractivity contribution >= 4 is 11.9 Å². The average molecular weight is 280 g/mol. The summed E-state index contributed by atoms with van der Waals surface area (Å²) in [6, 6.07) is 2.37. The third kappa shape index (κ3) is 3.12. The zero-order valence-electron chi connectivity index (χ0n) is 11.1. The van der Waals surface area contributed by atoms with Gasteiger partial charge in [0.25, 0.3) is 5.91 Å². The highest BCUT2D eigenvalue weighted by Crippen LogP contribution is 2.27. The van der Waals surface area contributed by atoms with Crippen LogP contribution in [-0.2, 0) is 4.79 Å². The number of aromatic nitrogens is 1. The first kappa shape index (κ1) is 14.4. The van der Waals surface area contributed by atoms with Gasteiger partial charge in [0.1, 0.15) is 17.1 Å². The van der Waals surface area contributed by atoms with Crippen LogP contribution < -0.4 is 5.32 Å². The molecule has 1 saturated carbocycles. The van der Waals surface area contributed by atoms with Crippen molar-refractivity contribution in [3.63, 3.8) is 0 Å². The Kier molecular flexibility index (Phi) is 4.32. The van der Waals surface area contributed by atoms with Gasteiger partial charge in [-0.1, -0.05) is 25.7 Å². The van der Waals surface area contributed by atoms with E-state index in [9.17, 15) is 19.1 Å². The number of carbonyl (C=O) groups is 2. The molecular formula is C14H17FN2O3. The van der Waals surface area contributed by atoms with E-state index >= 15 is 0 Å². The Morgan fingerprint density at radius 1 is 1.20 bits per heavy atom. The molecule has 0 bridgehead atoms. The minimum atomic E-state index is -1.23. The van der Waals surface area contributed by atoms with Crippen LogP contribution in [0.15, 0.2) is 18.3 Å². The fourth-order valence-corrected chi connectivity index (χ4v) is 2.52. The van der Waals surface area contributed by atoms with Crippen LogP contribution in [0.3, 0.4) is 0 Å². The van der Waals surface area contributed by atoms with Crippen LogP contribution in [0.1, 0.15) is 49.0 Å². The molecule has 0 unspecified atom stereocenters. The maximum absolute atomic E-state index is 12.8. The van der Waals surface area contributed by atoms with E-state index in [1.165, 1.54) is 6.07 Å². The number of hydrogen-bond acceptors (Lipinski definition) is 3. The average Bonchev–Trinajstić information content (AvgIpc) is 2.66. The van der Waals surface area contributed by atoms with Gasteiger partial charge in [-0.15, -0.1) is 0 Å². The largest absolute Gasteiger partial charge is 0.480 e. The summed E-state index contributed by atoms with van der Waals surface area (Å²) in [5.41, 5.74) is -1.21. The van der Waals surface area contributed by atoms with Gasteiger partial charge in [0.05, 0.1) is 6.20 Å². The molecule has 1 heterocycles. The van der Waals surface area contributed by atoms with Crippen molar-refractivity contribution in [2.75, 3.05) is 0 Å². The molecule has 1 aliphatic rings. The number of carbonyl (C=O) groups excluding carboxylic acids is 1. The summed E-state index contributed by atoms with van der Waals surface area (Å²) in [7, 11) is 0. The highest BCUT2D eigenvalue weighted by atomic mass is 19.1. The normalized spacial score (nSPS) is 18.1. The molecule has 0 radical (unpaired) electrons. The Bertz CT molecular complexity index is 494. The lowest BCUT2D eigenvalue weighted by molar-refractivity contribution is -0.145. The van der Waals surface area contributed by atoms with E-state index in [-0.39, 0.29) is 5.69 Å². The monoisotopic (exact) mass is 280 g/mol. The number of aliphatic carboxylic acids is 1. The third-order valence-corrected chi connectivity index (χ3v) is 3.68. The molecule has 20 heavy (non-hydrogen) atoms. The number of amides is 1. The smallest absolute Gasteiger partial charge is 0.329 e. The Morgan fingerprint density at radius 3 is 2.35 bits per heavy atom. The summed E-state index contributed by atoms with van der Waals surface area (Å²) in [6.07, 6.45) is 5.24. The zero-order valence-corrected chi connectivity index (χ0v) is 11.1. The lowest BCUT2D eigenvalue weighted by Gasteiger charge is -2.29. The van der Waals surface area contributed by atoms with Crippen molar-refractivity contribution < 1.29 is 19.1 Å².